The van der Waals surface area contributed by atoms with E-state index in [0.29, 0.717) is 0 Å². The topological polar surface area (TPSA) is 18.5 Å². The molecule has 1 aromatic rings. The molecular weight excluding hydrogens is 164 g/mol. The molecule has 1 aromatic carbocycles. The molecule has 13 heavy (non-hydrogen) atoms. The maximum absolute atomic E-state index is 5.66. The monoisotopic (exact) mass is 180 g/mol. The highest BCUT2D eigenvalue weighted by molar-refractivity contribution is 5.33. The normalized spacial score (nSPS) is 11.1. The molecule has 0 fully saturated rings. The van der Waals surface area contributed by atoms with Gasteiger partial charge in [0.1, 0.15) is 17.1 Å². The van der Waals surface area contributed by atoms with Gasteiger partial charge in [-0.25, -0.2) is 0 Å². The third kappa shape index (κ3) is 3.36. The number of rotatable bonds is 2. The molecule has 0 aromatic heterocycles. The Morgan fingerprint density at radius 1 is 1.08 bits per heavy atom. The van der Waals surface area contributed by atoms with Crippen molar-refractivity contribution < 1.29 is 9.47 Å². The summed E-state index contributed by atoms with van der Waals surface area (Å²) in [6.07, 6.45) is 0. The van der Waals surface area contributed by atoms with E-state index in [1.165, 1.54) is 0 Å². The lowest BCUT2D eigenvalue weighted by Crippen LogP contribution is -2.22. The molecule has 0 N–H and O–H groups in total. The smallest absolute Gasteiger partial charge is 0.123 e. The van der Waals surface area contributed by atoms with Crippen LogP contribution in [0.25, 0.3) is 0 Å². The van der Waals surface area contributed by atoms with Gasteiger partial charge in [-0.2, -0.15) is 0 Å². The number of methoxy groups -OCH3 is 1. The average Bonchev–Trinajstić information content (AvgIpc) is 2.01. The van der Waals surface area contributed by atoms with Crippen LogP contribution < -0.4 is 9.47 Å². The molecular formula is C11H16O2. The molecule has 1 rings (SSSR count). The third-order valence-corrected chi connectivity index (χ3v) is 1.47. The highest BCUT2D eigenvalue weighted by Crippen LogP contribution is 2.22. The highest BCUT2D eigenvalue weighted by Gasteiger charge is 2.11. The predicted octanol–water partition coefficient (Wildman–Crippen LogP) is 2.87. The summed E-state index contributed by atoms with van der Waals surface area (Å²) in [5.41, 5.74) is -0.160. The van der Waals surface area contributed by atoms with Crippen molar-refractivity contribution in [3.8, 4) is 11.5 Å². The van der Waals surface area contributed by atoms with Crippen LogP contribution in [-0.4, -0.2) is 12.7 Å². The highest BCUT2D eigenvalue weighted by atomic mass is 16.5. The lowest BCUT2D eigenvalue weighted by molar-refractivity contribution is 0.130. The molecule has 0 saturated heterocycles. The molecule has 2 heteroatoms. The van der Waals surface area contributed by atoms with Gasteiger partial charge in [-0.15, -0.1) is 0 Å². The second kappa shape index (κ2) is 3.69. The molecule has 0 unspecified atom stereocenters. The van der Waals surface area contributed by atoms with E-state index in [1.807, 2.05) is 45.0 Å². The molecule has 2 nitrogen and oxygen atoms in total. The van der Waals surface area contributed by atoms with Crippen LogP contribution in [0, 0.1) is 0 Å². The Morgan fingerprint density at radius 3 is 2.23 bits per heavy atom. The molecule has 72 valence electrons. The molecule has 0 aliphatic heterocycles. The quantitative estimate of drug-likeness (QED) is 0.696. The van der Waals surface area contributed by atoms with Crippen molar-refractivity contribution in [3.05, 3.63) is 24.3 Å². The van der Waals surface area contributed by atoms with Crippen molar-refractivity contribution in [2.45, 2.75) is 26.4 Å². The summed E-state index contributed by atoms with van der Waals surface area (Å²) in [6, 6.07) is 7.62. The van der Waals surface area contributed by atoms with Gasteiger partial charge in [-0.05, 0) is 32.9 Å². The van der Waals surface area contributed by atoms with Crippen LogP contribution in [0.2, 0.25) is 0 Å². The van der Waals surface area contributed by atoms with Gasteiger partial charge in [0, 0.05) is 6.07 Å². The van der Waals surface area contributed by atoms with Crippen LogP contribution in [0.4, 0.5) is 0 Å². The van der Waals surface area contributed by atoms with E-state index in [-0.39, 0.29) is 5.60 Å². The summed E-state index contributed by atoms with van der Waals surface area (Å²) in [5, 5.41) is 0. The molecule has 0 aliphatic rings. The Kier molecular flexibility index (Phi) is 2.81. The minimum atomic E-state index is -0.160. The molecule has 0 atom stereocenters. The van der Waals surface area contributed by atoms with Gasteiger partial charge >= 0.3 is 0 Å². The van der Waals surface area contributed by atoms with E-state index in [4.69, 9.17) is 9.47 Å². The molecule has 0 amide bonds. The Hall–Kier alpha value is -1.18. The first-order chi connectivity index (χ1) is 6.01. The number of ether oxygens (including phenoxy) is 2. The van der Waals surface area contributed by atoms with Gasteiger partial charge in [-0.3, -0.25) is 0 Å². The first kappa shape index (κ1) is 9.90. The van der Waals surface area contributed by atoms with Crippen LogP contribution in [0.3, 0.4) is 0 Å². The maximum Gasteiger partial charge on any atom is 0.123 e. The Labute approximate surface area is 79.5 Å². The van der Waals surface area contributed by atoms with Crippen LogP contribution in [0.15, 0.2) is 24.3 Å². The standard InChI is InChI=1S/C11H16O2/c1-11(2,3)13-10-7-5-6-9(8-10)12-4/h5-8H,1-4H3. The fraction of sp³-hybridized carbons (Fsp3) is 0.455. The molecule has 0 heterocycles. The van der Waals surface area contributed by atoms with Crippen LogP contribution >= 0.6 is 0 Å². The number of benzene rings is 1. The zero-order valence-electron chi connectivity index (χ0n) is 8.63. The largest absolute Gasteiger partial charge is 0.497 e. The van der Waals surface area contributed by atoms with E-state index < -0.39 is 0 Å². The summed E-state index contributed by atoms with van der Waals surface area (Å²) in [7, 11) is 1.65. The van der Waals surface area contributed by atoms with Crippen molar-refractivity contribution in [1.29, 1.82) is 0 Å². The third-order valence-electron chi connectivity index (χ3n) is 1.47. The lowest BCUT2D eigenvalue weighted by atomic mass is 10.2. The second-order valence-corrected chi connectivity index (χ2v) is 3.89. The second-order valence-electron chi connectivity index (χ2n) is 3.89. The first-order valence-electron chi connectivity index (χ1n) is 4.34. The fourth-order valence-corrected chi connectivity index (χ4v) is 1.02. The number of hydrogen-bond acceptors (Lipinski definition) is 2. The van der Waals surface area contributed by atoms with Crippen molar-refractivity contribution in [3.63, 3.8) is 0 Å². The Balaban J connectivity index is 2.78. The molecule has 0 bridgehead atoms. The van der Waals surface area contributed by atoms with Crippen molar-refractivity contribution in [2.24, 2.45) is 0 Å². The molecule has 0 saturated carbocycles. The lowest BCUT2D eigenvalue weighted by Gasteiger charge is -2.21. The van der Waals surface area contributed by atoms with E-state index >= 15 is 0 Å². The van der Waals surface area contributed by atoms with Crippen molar-refractivity contribution in [1.82, 2.24) is 0 Å². The average molecular weight is 180 g/mol. The maximum atomic E-state index is 5.66. The summed E-state index contributed by atoms with van der Waals surface area (Å²) in [6.45, 7) is 6.06. The first-order valence-corrected chi connectivity index (χ1v) is 4.34. The molecule has 0 radical (unpaired) electrons. The zero-order valence-corrected chi connectivity index (χ0v) is 8.63. The SMILES string of the molecule is COc1cccc(OC(C)(C)C)c1. The zero-order chi connectivity index (χ0) is 9.90. The van der Waals surface area contributed by atoms with Crippen LogP contribution in [0.1, 0.15) is 20.8 Å². The van der Waals surface area contributed by atoms with Gasteiger partial charge in [0.05, 0.1) is 7.11 Å². The molecule has 0 aliphatic carbocycles. The summed E-state index contributed by atoms with van der Waals surface area (Å²) >= 11 is 0. The van der Waals surface area contributed by atoms with Gasteiger partial charge in [-0.1, -0.05) is 6.07 Å². The van der Waals surface area contributed by atoms with Gasteiger partial charge in [0.15, 0.2) is 0 Å². The Morgan fingerprint density at radius 2 is 1.69 bits per heavy atom. The van der Waals surface area contributed by atoms with E-state index in [2.05, 4.69) is 0 Å². The van der Waals surface area contributed by atoms with E-state index in [0.717, 1.165) is 11.5 Å². The van der Waals surface area contributed by atoms with Crippen molar-refractivity contribution in [2.75, 3.05) is 7.11 Å². The van der Waals surface area contributed by atoms with Crippen LogP contribution in [-0.2, 0) is 0 Å². The number of hydrogen-bond donors (Lipinski definition) is 0. The summed E-state index contributed by atoms with van der Waals surface area (Å²) in [4.78, 5) is 0. The summed E-state index contributed by atoms with van der Waals surface area (Å²) < 4.78 is 10.8. The van der Waals surface area contributed by atoms with Gasteiger partial charge in [0.25, 0.3) is 0 Å². The van der Waals surface area contributed by atoms with Gasteiger partial charge in [0.2, 0.25) is 0 Å². The fourth-order valence-electron chi connectivity index (χ4n) is 1.02. The predicted molar refractivity (Wildman–Crippen MR) is 53.4 cm³/mol. The van der Waals surface area contributed by atoms with E-state index in [9.17, 15) is 0 Å². The van der Waals surface area contributed by atoms with Gasteiger partial charge < -0.3 is 9.47 Å². The van der Waals surface area contributed by atoms with Crippen LogP contribution in [0.5, 0.6) is 11.5 Å². The molecule has 0 spiro atoms. The minimum absolute atomic E-state index is 0.160. The van der Waals surface area contributed by atoms with Crippen molar-refractivity contribution >= 4 is 0 Å². The van der Waals surface area contributed by atoms with E-state index in [1.54, 1.807) is 7.11 Å². The minimum Gasteiger partial charge on any atom is -0.497 e. The Bertz CT molecular complexity index is 274. The summed E-state index contributed by atoms with van der Waals surface area (Å²) in [5.74, 6) is 1.66.